The number of aliphatic hydroxyl groups excluding tert-OH is 1. The first kappa shape index (κ1) is 13.2. The van der Waals surface area contributed by atoms with Crippen LogP contribution in [0.4, 0.5) is 0 Å². The van der Waals surface area contributed by atoms with E-state index in [4.69, 9.17) is 18.0 Å². The Labute approximate surface area is 101 Å². The van der Waals surface area contributed by atoms with Gasteiger partial charge in [0.2, 0.25) is 0 Å². The molecule has 1 aliphatic heterocycles. The van der Waals surface area contributed by atoms with Crippen LogP contribution < -0.4 is 5.73 Å². The lowest BCUT2D eigenvalue weighted by Gasteiger charge is -2.40. The zero-order valence-electron chi connectivity index (χ0n) is 9.40. The Kier molecular flexibility index (Phi) is 4.83. The maximum Gasteiger partial charge on any atom is 0.0891 e. The SMILES string of the molecule is CSC1(C(N)=S)CCN(CC(C)O)CC1. The van der Waals surface area contributed by atoms with Gasteiger partial charge in [0, 0.05) is 6.54 Å². The first-order valence-electron chi connectivity index (χ1n) is 5.25. The Balaban J connectivity index is 2.50. The molecule has 1 atom stereocenters. The zero-order chi connectivity index (χ0) is 11.5. The zero-order valence-corrected chi connectivity index (χ0v) is 11.0. The summed E-state index contributed by atoms with van der Waals surface area (Å²) in [5.41, 5.74) is 5.80. The van der Waals surface area contributed by atoms with Crippen LogP contribution in [-0.4, -0.2) is 51.7 Å². The average Bonchev–Trinajstić information content (AvgIpc) is 2.18. The summed E-state index contributed by atoms with van der Waals surface area (Å²) >= 11 is 6.91. The van der Waals surface area contributed by atoms with Crippen molar-refractivity contribution in [3.63, 3.8) is 0 Å². The molecule has 1 heterocycles. The lowest BCUT2D eigenvalue weighted by Crippen LogP contribution is -2.50. The molecule has 3 nitrogen and oxygen atoms in total. The average molecular weight is 248 g/mol. The van der Waals surface area contributed by atoms with Crippen molar-refractivity contribution < 1.29 is 5.11 Å². The predicted molar refractivity (Wildman–Crippen MR) is 70.4 cm³/mol. The highest BCUT2D eigenvalue weighted by Gasteiger charge is 2.36. The number of rotatable bonds is 4. The topological polar surface area (TPSA) is 49.5 Å². The van der Waals surface area contributed by atoms with Crippen molar-refractivity contribution in [1.82, 2.24) is 4.90 Å². The van der Waals surface area contributed by atoms with E-state index >= 15 is 0 Å². The number of nitrogens with zero attached hydrogens (tertiary/aromatic N) is 1. The van der Waals surface area contributed by atoms with Gasteiger partial charge in [0.25, 0.3) is 0 Å². The molecule has 0 saturated carbocycles. The Morgan fingerprint density at radius 1 is 1.60 bits per heavy atom. The van der Waals surface area contributed by atoms with Gasteiger partial charge in [-0.3, -0.25) is 0 Å². The van der Waals surface area contributed by atoms with E-state index in [1.165, 1.54) is 0 Å². The van der Waals surface area contributed by atoms with E-state index in [2.05, 4.69) is 11.2 Å². The number of nitrogens with two attached hydrogens (primary N) is 1. The van der Waals surface area contributed by atoms with Crippen LogP contribution in [0.25, 0.3) is 0 Å². The van der Waals surface area contributed by atoms with Crippen molar-refractivity contribution in [2.75, 3.05) is 25.9 Å². The molecular weight excluding hydrogens is 228 g/mol. The van der Waals surface area contributed by atoms with Crippen molar-refractivity contribution in [3.05, 3.63) is 0 Å². The fourth-order valence-electron chi connectivity index (χ4n) is 2.02. The molecule has 1 unspecified atom stereocenters. The third kappa shape index (κ3) is 3.31. The first-order chi connectivity index (χ1) is 7.00. The second-order valence-corrected chi connectivity index (χ2v) is 5.84. The molecule has 0 spiro atoms. The smallest absolute Gasteiger partial charge is 0.0891 e. The molecule has 0 bridgehead atoms. The third-order valence-corrected chi connectivity index (χ3v) is 4.96. The monoisotopic (exact) mass is 248 g/mol. The molecule has 1 saturated heterocycles. The van der Waals surface area contributed by atoms with E-state index in [0.717, 1.165) is 32.5 Å². The number of likely N-dealkylation sites (tertiary alicyclic amines) is 1. The van der Waals surface area contributed by atoms with Crippen LogP contribution in [0.2, 0.25) is 0 Å². The van der Waals surface area contributed by atoms with Crippen LogP contribution in [-0.2, 0) is 0 Å². The summed E-state index contributed by atoms with van der Waals surface area (Å²) < 4.78 is -0.00940. The van der Waals surface area contributed by atoms with Crippen molar-refractivity contribution in [1.29, 1.82) is 0 Å². The van der Waals surface area contributed by atoms with E-state index < -0.39 is 0 Å². The molecule has 0 aromatic carbocycles. The summed E-state index contributed by atoms with van der Waals surface area (Å²) in [6.45, 7) is 4.53. The molecule has 1 fully saturated rings. The Bertz CT molecular complexity index is 225. The second-order valence-electron chi connectivity index (χ2n) is 4.21. The van der Waals surface area contributed by atoms with Crippen molar-refractivity contribution >= 4 is 29.0 Å². The highest BCUT2D eigenvalue weighted by atomic mass is 32.2. The Hall–Kier alpha value is 0.160. The van der Waals surface area contributed by atoms with Crippen LogP contribution in [0, 0.1) is 0 Å². The minimum Gasteiger partial charge on any atom is -0.392 e. The number of piperidine rings is 1. The van der Waals surface area contributed by atoms with Crippen molar-refractivity contribution in [3.8, 4) is 0 Å². The lowest BCUT2D eigenvalue weighted by molar-refractivity contribution is 0.111. The van der Waals surface area contributed by atoms with Crippen LogP contribution in [0.15, 0.2) is 0 Å². The maximum atomic E-state index is 9.30. The largest absolute Gasteiger partial charge is 0.392 e. The number of thiocarbonyl (C=S) groups is 1. The van der Waals surface area contributed by atoms with Gasteiger partial charge in [0.15, 0.2) is 0 Å². The van der Waals surface area contributed by atoms with Gasteiger partial charge in [-0.05, 0) is 39.1 Å². The third-order valence-electron chi connectivity index (χ3n) is 3.03. The maximum absolute atomic E-state index is 9.30. The molecule has 15 heavy (non-hydrogen) atoms. The molecule has 0 aromatic heterocycles. The lowest BCUT2D eigenvalue weighted by atomic mass is 9.95. The summed E-state index contributed by atoms with van der Waals surface area (Å²) in [4.78, 5) is 2.91. The Morgan fingerprint density at radius 2 is 2.13 bits per heavy atom. The predicted octanol–water partition coefficient (Wildman–Crippen LogP) is 0.851. The summed E-state index contributed by atoms with van der Waals surface area (Å²) in [7, 11) is 0. The number of β-amino-alcohol motifs (C(OH)–C–C–N with tert-alkyl or cyclic N) is 1. The normalized spacial score (nSPS) is 23.7. The number of hydrogen-bond donors (Lipinski definition) is 2. The van der Waals surface area contributed by atoms with Crippen molar-refractivity contribution in [2.24, 2.45) is 5.73 Å². The van der Waals surface area contributed by atoms with Gasteiger partial charge in [-0.1, -0.05) is 12.2 Å². The highest BCUT2D eigenvalue weighted by molar-refractivity contribution is 8.01. The quantitative estimate of drug-likeness (QED) is 0.723. The van der Waals surface area contributed by atoms with Gasteiger partial charge in [0.1, 0.15) is 0 Å². The summed E-state index contributed by atoms with van der Waals surface area (Å²) in [6.07, 6.45) is 3.81. The second kappa shape index (κ2) is 5.48. The Morgan fingerprint density at radius 3 is 2.47 bits per heavy atom. The van der Waals surface area contributed by atoms with E-state index in [0.29, 0.717) is 4.99 Å². The van der Waals surface area contributed by atoms with Gasteiger partial charge in [-0.15, -0.1) is 0 Å². The van der Waals surface area contributed by atoms with Crippen molar-refractivity contribution in [2.45, 2.75) is 30.6 Å². The van der Waals surface area contributed by atoms with Gasteiger partial charge in [0.05, 0.1) is 15.8 Å². The highest BCUT2D eigenvalue weighted by Crippen LogP contribution is 2.34. The van der Waals surface area contributed by atoms with Crippen LogP contribution >= 0.6 is 24.0 Å². The minimum absolute atomic E-state index is 0.00940. The van der Waals surface area contributed by atoms with Crippen LogP contribution in [0.1, 0.15) is 19.8 Å². The molecule has 0 aliphatic carbocycles. The molecule has 0 amide bonds. The van der Waals surface area contributed by atoms with Gasteiger partial charge in [-0.25, -0.2) is 0 Å². The fourth-order valence-corrected chi connectivity index (χ4v) is 3.27. The summed E-state index contributed by atoms with van der Waals surface area (Å²) in [5.74, 6) is 0. The molecule has 0 aromatic rings. The van der Waals surface area contributed by atoms with Gasteiger partial charge < -0.3 is 15.7 Å². The molecule has 0 radical (unpaired) electrons. The van der Waals surface area contributed by atoms with E-state index in [9.17, 15) is 5.11 Å². The van der Waals surface area contributed by atoms with E-state index in [-0.39, 0.29) is 10.9 Å². The van der Waals surface area contributed by atoms with E-state index in [1.807, 2.05) is 6.92 Å². The van der Waals surface area contributed by atoms with Gasteiger partial charge in [-0.2, -0.15) is 11.8 Å². The molecule has 1 aliphatic rings. The summed E-state index contributed by atoms with van der Waals surface area (Å²) in [6, 6.07) is 0. The minimum atomic E-state index is -0.253. The molecule has 3 N–H and O–H groups in total. The van der Waals surface area contributed by atoms with Gasteiger partial charge >= 0.3 is 0 Å². The standard InChI is InChI=1S/C10H20N2OS2/c1-8(13)7-12-5-3-10(15-2,4-6-12)9(11)14/h8,13H,3-7H2,1-2H3,(H2,11,14). The molecule has 5 heteroatoms. The molecular formula is C10H20N2OS2. The number of aliphatic hydroxyl groups is 1. The number of thioether (sulfide) groups is 1. The molecule has 1 rings (SSSR count). The molecule has 88 valence electrons. The number of hydrogen-bond acceptors (Lipinski definition) is 4. The van der Waals surface area contributed by atoms with Crippen LogP contribution in [0.3, 0.4) is 0 Å². The van der Waals surface area contributed by atoms with E-state index in [1.54, 1.807) is 11.8 Å². The first-order valence-corrected chi connectivity index (χ1v) is 6.89. The van der Waals surface area contributed by atoms with Crippen LogP contribution in [0.5, 0.6) is 0 Å². The fraction of sp³-hybridized carbons (Fsp3) is 0.900. The summed E-state index contributed by atoms with van der Waals surface area (Å²) in [5, 5.41) is 9.30.